The molecule has 1 atom stereocenters. The molecule has 3 N–H and O–H groups in total. The number of carboxylic acid groups (broad SMARTS) is 1. The molecule has 6 heteroatoms. The largest absolute Gasteiger partial charge is 0.480 e. The molecule has 0 bridgehead atoms. The Hall–Kier alpha value is -1.82. The van der Waals surface area contributed by atoms with Crippen molar-refractivity contribution in [3.05, 3.63) is 34.4 Å². The molecule has 2 rings (SSSR count). The van der Waals surface area contributed by atoms with Crippen LogP contribution in [-0.2, 0) is 4.79 Å². The van der Waals surface area contributed by atoms with Gasteiger partial charge in [-0.1, -0.05) is 35.8 Å². The van der Waals surface area contributed by atoms with Gasteiger partial charge in [0.15, 0.2) is 0 Å². The maximum atomic E-state index is 12.4. The van der Waals surface area contributed by atoms with Crippen molar-refractivity contribution in [1.82, 2.24) is 10.3 Å². The van der Waals surface area contributed by atoms with E-state index < -0.39 is 12.0 Å². The van der Waals surface area contributed by atoms with Crippen molar-refractivity contribution in [1.29, 1.82) is 0 Å². The minimum atomic E-state index is -1.02. The molecule has 0 saturated carbocycles. The molecule has 112 valence electrons. The molecule has 0 aliphatic carbocycles. The predicted molar refractivity (Wildman–Crippen MR) is 84.3 cm³/mol. The van der Waals surface area contributed by atoms with Crippen molar-refractivity contribution < 1.29 is 14.7 Å². The van der Waals surface area contributed by atoms with Gasteiger partial charge < -0.3 is 15.4 Å². The maximum absolute atomic E-state index is 12.4. The molecule has 1 aromatic carbocycles. The third-order valence-electron chi connectivity index (χ3n) is 3.21. The molecule has 0 aliphatic rings. The summed E-state index contributed by atoms with van der Waals surface area (Å²) in [6.45, 7) is 3.84. The second-order valence-electron chi connectivity index (χ2n) is 5.36. The maximum Gasteiger partial charge on any atom is 0.326 e. The van der Waals surface area contributed by atoms with Crippen molar-refractivity contribution in [3.63, 3.8) is 0 Å². The smallest absolute Gasteiger partial charge is 0.326 e. The van der Waals surface area contributed by atoms with E-state index in [0.717, 1.165) is 15.4 Å². The van der Waals surface area contributed by atoms with Crippen LogP contribution in [0.15, 0.2) is 28.9 Å². The normalized spacial score (nSPS) is 12.6. The fourth-order valence-corrected chi connectivity index (χ4v) is 2.83. The van der Waals surface area contributed by atoms with Gasteiger partial charge in [-0.3, -0.25) is 4.79 Å². The SMILES string of the molecule is CC(C)C[C@H](NC(=O)c1c[nH]c2cccc(Br)c12)C(=O)O. The van der Waals surface area contributed by atoms with Crippen LogP contribution in [0, 0.1) is 5.92 Å². The lowest BCUT2D eigenvalue weighted by Crippen LogP contribution is -2.41. The van der Waals surface area contributed by atoms with Gasteiger partial charge in [-0.05, 0) is 24.5 Å². The van der Waals surface area contributed by atoms with Crippen molar-refractivity contribution in [2.75, 3.05) is 0 Å². The Kier molecular flexibility index (Phi) is 4.67. The summed E-state index contributed by atoms with van der Waals surface area (Å²) in [5.41, 5.74) is 1.26. The molecule has 21 heavy (non-hydrogen) atoms. The van der Waals surface area contributed by atoms with Gasteiger partial charge in [-0.15, -0.1) is 0 Å². The summed E-state index contributed by atoms with van der Waals surface area (Å²) in [5, 5.41) is 12.5. The van der Waals surface area contributed by atoms with Gasteiger partial charge in [0.25, 0.3) is 5.91 Å². The Morgan fingerprint density at radius 3 is 2.71 bits per heavy atom. The van der Waals surface area contributed by atoms with Crippen LogP contribution in [0.4, 0.5) is 0 Å². The molecule has 2 aromatic rings. The summed E-state index contributed by atoms with van der Waals surface area (Å²) in [7, 11) is 0. The van der Waals surface area contributed by atoms with E-state index in [2.05, 4.69) is 26.2 Å². The van der Waals surface area contributed by atoms with E-state index in [9.17, 15) is 14.7 Å². The Morgan fingerprint density at radius 2 is 2.10 bits per heavy atom. The molecular formula is C15H17BrN2O3. The fraction of sp³-hybridized carbons (Fsp3) is 0.333. The first kappa shape index (κ1) is 15.6. The van der Waals surface area contributed by atoms with Crippen LogP contribution in [0.1, 0.15) is 30.6 Å². The highest BCUT2D eigenvalue weighted by Gasteiger charge is 2.23. The van der Waals surface area contributed by atoms with E-state index in [0.29, 0.717) is 12.0 Å². The summed E-state index contributed by atoms with van der Waals surface area (Å²) in [6.07, 6.45) is 1.99. The zero-order valence-electron chi connectivity index (χ0n) is 11.8. The van der Waals surface area contributed by atoms with Crippen molar-refractivity contribution in [2.24, 2.45) is 5.92 Å². The molecular weight excluding hydrogens is 336 g/mol. The molecule has 5 nitrogen and oxygen atoms in total. The summed E-state index contributed by atoms with van der Waals surface area (Å²) >= 11 is 3.41. The van der Waals surface area contributed by atoms with Crippen LogP contribution in [0.5, 0.6) is 0 Å². The third kappa shape index (κ3) is 3.44. The van der Waals surface area contributed by atoms with Crippen molar-refractivity contribution in [2.45, 2.75) is 26.3 Å². The summed E-state index contributed by atoms with van der Waals surface area (Å²) < 4.78 is 0.794. The number of amides is 1. The number of rotatable bonds is 5. The third-order valence-corrected chi connectivity index (χ3v) is 3.87. The number of hydrogen-bond acceptors (Lipinski definition) is 2. The number of aromatic nitrogens is 1. The number of halogens is 1. The van der Waals surface area contributed by atoms with Crippen molar-refractivity contribution in [3.8, 4) is 0 Å². The molecule has 0 spiro atoms. The number of aliphatic carboxylic acids is 1. The number of carbonyl (C=O) groups excluding carboxylic acids is 1. The van der Waals surface area contributed by atoms with Crippen LogP contribution in [0.2, 0.25) is 0 Å². The lowest BCUT2D eigenvalue weighted by atomic mass is 10.0. The predicted octanol–water partition coefficient (Wildman–Crippen LogP) is 3.16. The first-order chi connectivity index (χ1) is 9.90. The first-order valence-electron chi connectivity index (χ1n) is 6.69. The zero-order valence-corrected chi connectivity index (χ0v) is 13.4. The number of hydrogen-bond donors (Lipinski definition) is 3. The van der Waals surface area contributed by atoms with Gasteiger partial charge in [0, 0.05) is 21.6 Å². The molecule has 0 unspecified atom stereocenters. The summed E-state index contributed by atoms with van der Waals surface area (Å²) in [5.74, 6) is -1.22. The van der Waals surface area contributed by atoms with Gasteiger partial charge in [0.2, 0.25) is 0 Å². The number of benzene rings is 1. The van der Waals surface area contributed by atoms with E-state index in [1.54, 1.807) is 6.20 Å². The van der Waals surface area contributed by atoms with Crippen LogP contribution in [0.25, 0.3) is 10.9 Å². The lowest BCUT2D eigenvalue weighted by Gasteiger charge is -2.16. The molecule has 0 aliphatic heterocycles. The van der Waals surface area contributed by atoms with Crippen LogP contribution < -0.4 is 5.32 Å². The molecule has 1 amide bonds. The highest BCUT2D eigenvalue weighted by Crippen LogP contribution is 2.27. The van der Waals surface area contributed by atoms with E-state index in [-0.39, 0.29) is 11.8 Å². The van der Waals surface area contributed by atoms with Gasteiger partial charge in [-0.2, -0.15) is 0 Å². The second kappa shape index (κ2) is 6.30. The van der Waals surface area contributed by atoms with E-state index >= 15 is 0 Å². The van der Waals surface area contributed by atoms with Gasteiger partial charge in [0.1, 0.15) is 6.04 Å². The van der Waals surface area contributed by atoms with Gasteiger partial charge >= 0.3 is 5.97 Å². The minimum absolute atomic E-state index is 0.182. The Bertz CT molecular complexity index is 679. The minimum Gasteiger partial charge on any atom is -0.480 e. The zero-order chi connectivity index (χ0) is 15.6. The Labute approximate surface area is 130 Å². The number of H-pyrrole nitrogens is 1. The number of fused-ring (bicyclic) bond motifs is 1. The molecule has 0 fully saturated rings. The summed E-state index contributed by atoms with van der Waals surface area (Å²) in [4.78, 5) is 26.6. The van der Waals surface area contributed by atoms with E-state index in [1.165, 1.54) is 0 Å². The van der Waals surface area contributed by atoms with Crippen LogP contribution >= 0.6 is 15.9 Å². The second-order valence-corrected chi connectivity index (χ2v) is 6.21. The molecule has 0 radical (unpaired) electrons. The first-order valence-corrected chi connectivity index (χ1v) is 7.48. The van der Waals surface area contributed by atoms with E-state index in [1.807, 2.05) is 32.0 Å². The molecule has 1 heterocycles. The van der Waals surface area contributed by atoms with Crippen molar-refractivity contribution >= 4 is 38.7 Å². The number of nitrogens with one attached hydrogen (secondary N) is 2. The van der Waals surface area contributed by atoms with Gasteiger partial charge in [0.05, 0.1) is 5.56 Å². The monoisotopic (exact) mass is 352 g/mol. The highest BCUT2D eigenvalue weighted by atomic mass is 79.9. The number of carboxylic acids is 1. The number of aromatic amines is 1. The van der Waals surface area contributed by atoms with Crippen LogP contribution in [0.3, 0.4) is 0 Å². The van der Waals surface area contributed by atoms with E-state index in [4.69, 9.17) is 0 Å². The standard InChI is InChI=1S/C15H17BrN2O3/c1-8(2)6-12(15(20)21)18-14(19)9-7-17-11-5-3-4-10(16)13(9)11/h3-5,7-8,12,17H,6H2,1-2H3,(H,18,19)(H,20,21)/t12-/m0/s1. The fourth-order valence-electron chi connectivity index (χ4n) is 2.25. The Morgan fingerprint density at radius 1 is 1.38 bits per heavy atom. The topological polar surface area (TPSA) is 82.2 Å². The lowest BCUT2D eigenvalue weighted by molar-refractivity contribution is -0.139. The summed E-state index contributed by atoms with van der Waals surface area (Å²) in [6, 6.07) is 4.68. The van der Waals surface area contributed by atoms with Gasteiger partial charge in [-0.25, -0.2) is 4.79 Å². The molecule has 0 saturated heterocycles. The number of carbonyl (C=O) groups is 2. The molecule has 1 aromatic heterocycles. The quantitative estimate of drug-likeness (QED) is 0.772. The Balaban J connectivity index is 2.28. The van der Waals surface area contributed by atoms with Crippen LogP contribution in [-0.4, -0.2) is 28.0 Å². The average molecular weight is 353 g/mol. The highest BCUT2D eigenvalue weighted by molar-refractivity contribution is 9.10. The average Bonchev–Trinajstić information content (AvgIpc) is 2.82.